The van der Waals surface area contributed by atoms with Crippen LogP contribution in [-0.4, -0.2) is 36.1 Å². The van der Waals surface area contributed by atoms with Gasteiger partial charge in [0.05, 0.1) is 0 Å². The minimum Gasteiger partial charge on any atom is -0.396 e. The van der Waals surface area contributed by atoms with Crippen LogP contribution in [-0.2, 0) is 11.2 Å². The number of hydrogen-bond donors (Lipinski definition) is 1. The van der Waals surface area contributed by atoms with Gasteiger partial charge in [-0.2, -0.15) is 0 Å². The molecule has 0 spiro atoms. The van der Waals surface area contributed by atoms with Gasteiger partial charge in [0.1, 0.15) is 0 Å². The second-order valence-corrected chi connectivity index (χ2v) is 4.38. The van der Waals surface area contributed by atoms with Gasteiger partial charge in [0, 0.05) is 26.6 Å². The van der Waals surface area contributed by atoms with Crippen LogP contribution in [0.15, 0.2) is 24.3 Å². The summed E-state index contributed by atoms with van der Waals surface area (Å²) in [6.45, 7) is 2.87. The van der Waals surface area contributed by atoms with Gasteiger partial charge in [-0.25, -0.2) is 0 Å². The molecule has 0 unspecified atom stereocenters. The van der Waals surface area contributed by atoms with Crippen molar-refractivity contribution in [3.8, 4) is 0 Å². The Hall–Kier alpha value is -1.35. The minimum atomic E-state index is 0.0809. The summed E-state index contributed by atoms with van der Waals surface area (Å²) in [5.41, 5.74) is 2.50. The molecule has 0 radical (unpaired) electrons. The zero-order valence-electron chi connectivity index (χ0n) is 10.6. The number of aliphatic hydroxyl groups is 1. The molecule has 0 saturated carbocycles. The number of rotatable bonds is 6. The number of benzene rings is 1. The van der Waals surface area contributed by atoms with Crippen molar-refractivity contribution in [1.82, 2.24) is 4.90 Å². The van der Waals surface area contributed by atoms with Crippen molar-refractivity contribution < 1.29 is 9.90 Å². The fourth-order valence-electron chi connectivity index (χ4n) is 1.60. The van der Waals surface area contributed by atoms with E-state index in [-0.39, 0.29) is 12.5 Å². The van der Waals surface area contributed by atoms with Crippen molar-refractivity contribution in [2.45, 2.75) is 26.2 Å². The van der Waals surface area contributed by atoms with E-state index in [4.69, 9.17) is 5.11 Å². The Bertz CT molecular complexity index is 346. The normalized spacial score (nSPS) is 10.3. The molecule has 1 rings (SSSR count). The summed E-state index contributed by atoms with van der Waals surface area (Å²) >= 11 is 0. The highest BCUT2D eigenvalue weighted by molar-refractivity contribution is 5.75. The fraction of sp³-hybridized carbons (Fsp3) is 0.500. The Kier molecular flexibility index (Phi) is 5.70. The third kappa shape index (κ3) is 5.00. The lowest BCUT2D eigenvalue weighted by Gasteiger charge is -2.16. The third-order valence-electron chi connectivity index (χ3n) is 2.83. The quantitative estimate of drug-likeness (QED) is 0.816. The first-order chi connectivity index (χ1) is 8.13. The van der Waals surface area contributed by atoms with Gasteiger partial charge < -0.3 is 10.0 Å². The average molecular weight is 235 g/mol. The van der Waals surface area contributed by atoms with E-state index in [2.05, 4.69) is 31.2 Å². The molecule has 0 heterocycles. The molecule has 94 valence electrons. The Morgan fingerprint density at radius 2 is 1.94 bits per heavy atom. The summed E-state index contributed by atoms with van der Waals surface area (Å²) in [6, 6.07) is 8.37. The molecule has 1 N–H and O–H groups in total. The lowest BCUT2D eigenvalue weighted by molar-refractivity contribution is -0.130. The van der Waals surface area contributed by atoms with Crippen molar-refractivity contribution in [3.63, 3.8) is 0 Å². The number of nitrogens with zero attached hydrogens (tertiary/aromatic N) is 1. The third-order valence-corrected chi connectivity index (χ3v) is 2.83. The predicted molar refractivity (Wildman–Crippen MR) is 68.8 cm³/mol. The first-order valence-corrected chi connectivity index (χ1v) is 6.04. The van der Waals surface area contributed by atoms with Gasteiger partial charge in [-0.15, -0.1) is 0 Å². The summed E-state index contributed by atoms with van der Waals surface area (Å²) in [4.78, 5) is 13.3. The largest absolute Gasteiger partial charge is 0.396 e. The van der Waals surface area contributed by atoms with Crippen LogP contribution in [0, 0.1) is 6.92 Å². The Morgan fingerprint density at radius 1 is 1.29 bits per heavy atom. The first-order valence-electron chi connectivity index (χ1n) is 6.04. The number of hydrogen-bond acceptors (Lipinski definition) is 2. The lowest BCUT2D eigenvalue weighted by Crippen LogP contribution is -2.28. The Morgan fingerprint density at radius 3 is 2.53 bits per heavy atom. The van der Waals surface area contributed by atoms with E-state index in [1.165, 1.54) is 11.1 Å². The van der Waals surface area contributed by atoms with Crippen LogP contribution in [0.4, 0.5) is 0 Å². The van der Waals surface area contributed by atoms with E-state index in [9.17, 15) is 4.79 Å². The van der Waals surface area contributed by atoms with Crippen LogP contribution < -0.4 is 0 Å². The topological polar surface area (TPSA) is 40.5 Å². The molecule has 1 aromatic rings. The van der Waals surface area contributed by atoms with Crippen LogP contribution >= 0.6 is 0 Å². The standard InChI is InChI=1S/C14H21NO2/c1-12-5-7-13(8-6-12)9-10-15(2)14(17)4-3-11-16/h5-8,16H,3-4,9-11H2,1-2H3. The van der Waals surface area contributed by atoms with E-state index in [1.807, 2.05) is 7.05 Å². The van der Waals surface area contributed by atoms with Gasteiger partial charge in [-0.1, -0.05) is 29.8 Å². The number of carbonyl (C=O) groups excluding carboxylic acids is 1. The number of aliphatic hydroxyl groups excluding tert-OH is 1. The van der Waals surface area contributed by atoms with Gasteiger partial charge >= 0.3 is 0 Å². The summed E-state index contributed by atoms with van der Waals surface area (Å²) in [5, 5.41) is 8.66. The molecule has 1 aromatic carbocycles. The van der Waals surface area contributed by atoms with Crippen molar-refractivity contribution in [3.05, 3.63) is 35.4 Å². The molecule has 1 amide bonds. The smallest absolute Gasteiger partial charge is 0.222 e. The highest BCUT2D eigenvalue weighted by atomic mass is 16.3. The minimum absolute atomic E-state index is 0.0809. The van der Waals surface area contributed by atoms with E-state index in [0.29, 0.717) is 12.8 Å². The van der Waals surface area contributed by atoms with E-state index in [0.717, 1.165) is 13.0 Å². The average Bonchev–Trinajstić information content (AvgIpc) is 2.34. The molecule has 3 nitrogen and oxygen atoms in total. The molecule has 0 aliphatic rings. The maximum absolute atomic E-state index is 11.6. The molecule has 0 atom stereocenters. The van der Waals surface area contributed by atoms with Crippen molar-refractivity contribution >= 4 is 5.91 Å². The van der Waals surface area contributed by atoms with Gasteiger partial charge in [0.15, 0.2) is 0 Å². The SMILES string of the molecule is Cc1ccc(CCN(C)C(=O)CCCO)cc1. The van der Waals surface area contributed by atoms with Crippen molar-refractivity contribution in [1.29, 1.82) is 0 Å². The van der Waals surface area contributed by atoms with Crippen LogP contribution in [0.3, 0.4) is 0 Å². The number of aryl methyl sites for hydroxylation is 1. The van der Waals surface area contributed by atoms with Crippen LogP contribution in [0.25, 0.3) is 0 Å². The molecular weight excluding hydrogens is 214 g/mol. The second kappa shape index (κ2) is 7.07. The summed E-state index contributed by atoms with van der Waals surface area (Å²) in [6.07, 6.45) is 1.86. The predicted octanol–water partition coefficient (Wildman–Crippen LogP) is 1.77. The maximum atomic E-state index is 11.6. The van der Waals surface area contributed by atoms with Crippen LogP contribution in [0.1, 0.15) is 24.0 Å². The van der Waals surface area contributed by atoms with Gasteiger partial charge in [0.25, 0.3) is 0 Å². The molecule has 0 saturated heterocycles. The zero-order chi connectivity index (χ0) is 12.7. The molecule has 17 heavy (non-hydrogen) atoms. The van der Waals surface area contributed by atoms with Crippen molar-refractivity contribution in [2.24, 2.45) is 0 Å². The monoisotopic (exact) mass is 235 g/mol. The first kappa shape index (κ1) is 13.7. The number of likely N-dealkylation sites (N-methyl/N-ethyl adjacent to an activating group) is 1. The van der Waals surface area contributed by atoms with Crippen molar-refractivity contribution in [2.75, 3.05) is 20.2 Å². The zero-order valence-corrected chi connectivity index (χ0v) is 10.6. The fourth-order valence-corrected chi connectivity index (χ4v) is 1.60. The molecule has 0 fully saturated rings. The molecule has 0 aliphatic heterocycles. The maximum Gasteiger partial charge on any atom is 0.222 e. The summed E-state index contributed by atoms with van der Waals surface area (Å²) < 4.78 is 0. The van der Waals surface area contributed by atoms with Crippen LogP contribution in [0.2, 0.25) is 0 Å². The van der Waals surface area contributed by atoms with E-state index < -0.39 is 0 Å². The van der Waals surface area contributed by atoms with Gasteiger partial charge in [0.2, 0.25) is 5.91 Å². The summed E-state index contributed by atoms with van der Waals surface area (Å²) in [7, 11) is 1.81. The van der Waals surface area contributed by atoms with E-state index >= 15 is 0 Å². The molecule has 0 aliphatic carbocycles. The Labute approximate surface area is 103 Å². The molecule has 3 heteroatoms. The molecular formula is C14H21NO2. The number of carbonyl (C=O) groups is 1. The lowest BCUT2D eigenvalue weighted by atomic mass is 10.1. The highest BCUT2D eigenvalue weighted by Crippen LogP contribution is 2.05. The van der Waals surface area contributed by atoms with Gasteiger partial charge in [-0.3, -0.25) is 4.79 Å². The molecule has 0 aromatic heterocycles. The van der Waals surface area contributed by atoms with Gasteiger partial charge in [-0.05, 0) is 25.3 Å². The Balaban J connectivity index is 2.34. The highest BCUT2D eigenvalue weighted by Gasteiger charge is 2.07. The van der Waals surface area contributed by atoms with E-state index in [1.54, 1.807) is 4.90 Å². The molecule has 0 bridgehead atoms. The van der Waals surface area contributed by atoms with Crippen LogP contribution in [0.5, 0.6) is 0 Å². The number of amides is 1. The summed E-state index contributed by atoms with van der Waals surface area (Å²) in [5.74, 6) is 0.103. The second-order valence-electron chi connectivity index (χ2n) is 4.38.